The maximum absolute atomic E-state index is 5.84. The Bertz CT molecular complexity index is 440. The van der Waals surface area contributed by atoms with Crippen LogP contribution in [0.15, 0.2) is 22.7 Å². The topological polar surface area (TPSA) is 47.7 Å². The molecule has 4 nitrogen and oxygen atoms in total. The van der Waals surface area contributed by atoms with Crippen molar-refractivity contribution in [2.75, 3.05) is 26.3 Å². The second-order valence-electron chi connectivity index (χ2n) is 5.35. The molecule has 1 heterocycles. The number of hydrogen-bond acceptors (Lipinski definition) is 4. The van der Waals surface area contributed by atoms with Gasteiger partial charge in [-0.3, -0.25) is 4.90 Å². The van der Waals surface area contributed by atoms with Gasteiger partial charge in [0.15, 0.2) is 0 Å². The highest BCUT2D eigenvalue weighted by Gasteiger charge is 2.22. The first-order valence-corrected chi connectivity index (χ1v) is 7.86. The van der Waals surface area contributed by atoms with Crippen LogP contribution in [-0.4, -0.2) is 43.3 Å². The first kappa shape index (κ1) is 15.8. The van der Waals surface area contributed by atoms with Gasteiger partial charge in [-0.05, 0) is 37.6 Å². The van der Waals surface area contributed by atoms with Crippen LogP contribution in [0.25, 0.3) is 0 Å². The third kappa shape index (κ3) is 4.19. The van der Waals surface area contributed by atoms with Gasteiger partial charge in [-0.1, -0.05) is 15.9 Å². The average molecular weight is 343 g/mol. The Morgan fingerprint density at radius 3 is 3.00 bits per heavy atom. The highest BCUT2D eigenvalue weighted by atomic mass is 79.9. The molecule has 1 aromatic carbocycles. The summed E-state index contributed by atoms with van der Waals surface area (Å²) in [6.07, 6.45) is 0.135. The molecule has 1 fully saturated rings. The summed E-state index contributed by atoms with van der Waals surface area (Å²) in [5, 5.41) is 0. The molecule has 0 saturated carbocycles. The molecule has 1 aromatic rings. The summed E-state index contributed by atoms with van der Waals surface area (Å²) in [5.41, 5.74) is 6.74. The largest absolute Gasteiger partial charge is 0.491 e. The van der Waals surface area contributed by atoms with Gasteiger partial charge in [-0.2, -0.15) is 0 Å². The van der Waals surface area contributed by atoms with Gasteiger partial charge in [0.25, 0.3) is 0 Å². The zero-order valence-corrected chi connectivity index (χ0v) is 13.7. The van der Waals surface area contributed by atoms with E-state index in [0.29, 0.717) is 19.2 Å². The molecule has 0 amide bonds. The van der Waals surface area contributed by atoms with Crippen LogP contribution in [-0.2, 0) is 11.3 Å². The number of hydrogen-bond donors (Lipinski definition) is 1. The minimum absolute atomic E-state index is 0.135. The van der Waals surface area contributed by atoms with Gasteiger partial charge in [0, 0.05) is 30.1 Å². The van der Waals surface area contributed by atoms with E-state index < -0.39 is 0 Å². The summed E-state index contributed by atoms with van der Waals surface area (Å²) in [6, 6.07) is 6.46. The fourth-order valence-electron chi connectivity index (χ4n) is 2.30. The number of rotatable bonds is 5. The van der Waals surface area contributed by atoms with E-state index in [1.165, 1.54) is 0 Å². The SMILES string of the molecule is CC(C)N1CCOC(COc2ccc(Br)c(CN)c2)C1. The molecule has 0 bridgehead atoms. The van der Waals surface area contributed by atoms with Crippen molar-refractivity contribution in [3.63, 3.8) is 0 Å². The van der Waals surface area contributed by atoms with Crippen LogP contribution in [0.4, 0.5) is 0 Å². The van der Waals surface area contributed by atoms with Crippen LogP contribution in [0, 0.1) is 0 Å². The van der Waals surface area contributed by atoms with Gasteiger partial charge < -0.3 is 15.2 Å². The Morgan fingerprint density at radius 2 is 2.30 bits per heavy atom. The molecule has 1 atom stereocenters. The first-order valence-electron chi connectivity index (χ1n) is 7.07. The predicted octanol–water partition coefficient (Wildman–Crippen LogP) is 2.40. The number of nitrogens with zero attached hydrogens (tertiary/aromatic N) is 1. The Labute approximate surface area is 129 Å². The summed E-state index contributed by atoms with van der Waals surface area (Å²) < 4.78 is 12.6. The maximum Gasteiger partial charge on any atom is 0.119 e. The summed E-state index contributed by atoms with van der Waals surface area (Å²) >= 11 is 3.48. The monoisotopic (exact) mass is 342 g/mol. The molecule has 0 aliphatic carbocycles. The van der Waals surface area contributed by atoms with Gasteiger partial charge in [-0.25, -0.2) is 0 Å². The molecule has 1 saturated heterocycles. The molecular formula is C15H23BrN2O2. The summed E-state index contributed by atoms with van der Waals surface area (Å²) in [5.74, 6) is 0.846. The van der Waals surface area contributed by atoms with Crippen LogP contribution in [0.2, 0.25) is 0 Å². The van der Waals surface area contributed by atoms with Gasteiger partial charge in [-0.15, -0.1) is 0 Å². The predicted molar refractivity (Wildman–Crippen MR) is 84.0 cm³/mol. The maximum atomic E-state index is 5.84. The van der Waals surface area contributed by atoms with Crippen LogP contribution in [0.3, 0.4) is 0 Å². The molecule has 0 spiro atoms. The van der Waals surface area contributed by atoms with Gasteiger partial charge in [0.1, 0.15) is 18.5 Å². The second-order valence-corrected chi connectivity index (χ2v) is 6.20. The van der Waals surface area contributed by atoms with Crippen molar-refractivity contribution in [3.05, 3.63) is 28.2 Å². The normalized spacial score (nSPS) is 20.4. The van der Waals surface area contributed by atoms with Crippen molar-refractivity contribution in [2.45, 2.75) is 32.5 Å². The van der Waals surface area contributed by atoms with Crippen LogP contribution >= 0.6 is 15.9 Å². The molecule has 112 valence electrons. The molecule has 0 aromatic heterocycles. The highest BCUT2D eigenvalue weighted by Crippen LogP contribution is 2.22. The fourth-order valence-corrected chi connectivity index (χ4v) is 2.71. The lowest BCUT2D eigenvalue weighted by Crippen LogP contribution is -2.47. The van der Waals surface area contributed by atoms with Crippen molar-refractivity contribution in [3.8, 4) is 5.75 Å². The smallest absolute Gasteiger partial charge is 0.119 e. The highest BCUT2D eigenvalue weighted by molar-refractivity contribution is 9.10. The molecule has 0 radical (unpaired) electrons. The summed E-state index contributed by atoms with van der Waals surface area (Å²) in [6.45, 7) is 8.22. The van der Waals surface area contributed by atoms with Crippen LogP contribution < -0.4 is 10.5 Å². The number of nitrogens with two attached hydrogens (primary N) is 1. The molecule has 1 unspecified atom stereocenters. The van der Waals surface area contributed by atoms with E-state index in [-0.39, 0.29) is 6.10 Å². The Morgan fingerprint density at radius 1 is 1.50 bits per heavy atom. The van der Waals surface area contributed by atoms with Crippen molar-refractivity contribution < 1.29 is 9.47 Å². The van der Waals surface area contributed by atoms with Gasteiger partial charge >= 0.3 is 0 Å². The van der Waals surface area contributed by atoms with Gasteiger partial charge in [0.05, 0.1) is 6.61 Å². The Balaban J connectivity index is 1.88. The molecule has 20 heavy (non-hydrogen) atoms. The second kappa shape index (κ2) is 7.41. The third-order valence-electron chi connectivity index (χ3n) is 3.57. The number of benzene rings is 1. The standard InChI is InChI=1S/C15H23BrN2O2/c1-11(2)18-5-6-19-14(9-18)10-20-13-3-4-15(16)12(7-13)8-17/h3-4,7,11,14H,5-6,8-10,17H2,1-2H3. The van der Waals surface area contributed by atoms with E-state index in [0.717, 1.165) is 35.5 Å². The third-order valence-corrected chi connectivity index (χ3v) is 4.35. The lowest BCUT2D eigenvalue weighted by Gasteiger charge is -2.35. The molecule has 1 aliphatic rings. The van der Waals surface area contributed by atoms with E-state index in [2.05, 4.69) is 34.7 Å². The summed E-state index contributed by atoms with van der Waals surface area (Å²) in [4.78, 5) is 2.42. The van der Waals surface area contributed by atoms with E-state index in [1.807, 2.05) is 18.2 Å². The van der Waals surface area contributed by atoms with Crippen molar-refractivity contribution in [1.82, 2.24) is 4.90 Å². The Hall–Kier alpha value is -0.620. The Kier molecular flexibility index (Phi) is 5.84. The number of ether oxygens (including phenoxy) is 2. The molecule has 5 heteroatoms. The minimum atomic E-state index is 0.135. The van der Waals surface area contributed by atoms with Crippen LogP contribution in [0.1, 0.15) is 19.4 Å². The van der Waals surface area contributed by atoms with Crippen molar-refractivity contribution in [1.29, 1.82) is 0 Å². The van der Waals surface area contributed by atoms with E-state index >= 15 is 0 Å². The van der Waals surface area contributed by atoms with E-state index in [4.69, 9.17) is 15.2 Å². The zero-order valence-electron chi connectivity index (χ0n) is 12.1. The minimum Gasteiger partial charge on any atom is -0.491 e. The quantitative estimate of drug-likeness (QED) is 0.892. The summed E-state index contributed by atoms with van der Waals surface area (Å²) in [7, 11) is 0. The van der Waals surface area contributed by atoms with Crippen LogP contribution in [0.5, 0.6) is 5.75 Å². The van der Waals surface area contributed by atoms with Gasteiger partial charge in [0.2, 0.25) is 0 Å². The van der Waals surface area contributed by atoms with E-state index in [1.54, 1.807) is 0 Å². The van der Waals surface area contributed by atoms with Crippen molar-refractivity contribution in [2.24, 2.45) is 5.73 Å². The molecule has 2 rings (SSSR count). The molecule has 2 N–H and O–H groups in total. The molecular weight excluding hydrogens is 320 g/mol. The lowest BCUT2D eigenvalue weighted by atomic mass is 10.2. The van der Waals surface area contributed by atoms with Crippen molar-refractivity contribution >= 4 is 15.9 Å². The number of halogens is 1. The fraction of sp³-hybridized carbons (Fsp3) is 0.600. The first-order chi connectivity index (χ1) is 9.60. The average Bonchev–Trinajstić information content (AvgIpc) is 2.46. The van der Waals surface area contributed by atoms with E-state index in [9.17, 15) is 0 Å². The molecule has 1 aliphatic heterocycles. The lowest BCUT2D eigenvalue weighted by molar-refractivity contribution is -0.0564. The number of morpholine rings is 1. The zero-order chi connectivity index (χ0) is 14.5.